The summed E-state index contributed by atoms with van der Waals surface area (Å²) in [5.41, 5.74) is 2.66. The molecule has 2 atom stereocenters. The summed E-state index contributed by atoms with van der Waals surface area (Å²) in [5.74, 6) is -0.518. The van der Waals surface area contributed by atoms with Crippen LogP contribution in [0.15, 0.2) is 47.5 Å². The highest BCUT2D eigenvalue weighted by molar-refractivity contribution is 7.11. The molecule has 31 heavy (non-hydrogen) atoms. The van der Waals surface area contributed by atoms with Gasteiger partial charge < -0.3 is 14.5 Å². The lowest BCUT2D eigenvalue weighted by molar-refractivity contribution is -0.121. The van der Waals surface area contributed by atoms with E-state index >= 15 is 0 Å². The monoisotopic (exact) mass is 439 g/mol. The van der Waals surface area contributed by atoms with Gasteiger partial charge in [-0.05, 0) is 63.4 Å². The molecule has 0 aliphatic carbocycles. The van der Waals surface area contributed by atoms with Crippen molar-refractivity contribution >= 4 is 40.1 Å². The van der Waals surface area contributed by atoms with Gasteiger partial charge in [-0.15, -0.1) is 11.3 Å². The molecule has 0 saturated carbocycles. The van der Waals surface area contributed by atoms with Crippen LogP contribution in [0, 0.1) is 0 Å². The van der Waals surface area contributed by atoms with Crippen molar-refractivity contribution in [3.63, 3.8) is 0 Å². The minimum Gasteiger partial charge on any atom is -0.372 e. The van der Waals surface area contributed by atoms with Crippen molar-refractivity contribution < 1.29 is 14.3 Å². The van der Waals surface area contributed by atoms with Gasteiger partial charge in [-0.1, -0.05) is 6.07 Å². The summed E-state index contributed by atoms with van der Waals surface area (Å²) < 4.78 is 5.86. The van der Waals surface area contributed by atoms with E-state index in [1.807, 2.05) is 60.5 Å². The molecule has 2 aliphatic rings. The molecule has 2 amide bonds. The summed E-state index contributed by atoms with van der Waals surface area (Å²) in [6, 6.07) is 11.5. The van der Waals surface area contributed by atoms with E-state index in [1.54, 1.807) is 0 Å². The van der Waals surface area contributed by atoms with Crippen molar-refractivity contribution in [1.29, 1.82) is 0 Å². The number of thiophene rings is 1. The lowest BCUT2D eigenvalue weighted by Gasteiger charge is -2.37. The van der Waals surface area contributed by atoms with Crippen molar-refractivity contribution in [1.82, 2.24) is 4.90 Å². The predicted octanol–water partition coefficient (Wildman–Crippen LogP) is 3.99. The average molecular weight is 440 g/mol. The Bertz CT molecular complexity index is 970. The zero-order valence-electron chi connectivity index (χ0n) is 18.5. The second-order valence-corrected chi connectivity index (χ2v) is 8.95. The molecule has 0 bridgehead atoms. The topological polar surface area (TPSA) is 53.1 Å². The van der Waals surface area contributed by atoms with E-state index in [1.165, 1.54) is 16.2 Å². The number of carbonyl (C=O) groups excluding carboxylic acids is 2. The molecular weight excluding hydrogens is 410 g/mol. The largest absolute Gasteiger partial charge is 0.372 e. The third kappa shape index (κ3) is 4.00. The number of amides is 2. The fourth-order valence-corrected chi connectivity index (χ4v) is 5.21. The Kier molecular flexibility index (Phi) is 6.16. The molecule has 4 rings (SSSR count). The molecule has 7 heteroatoms. The number of carbonyl (C=O) groups is 2. The van der Waals surface area contributed by atoms with Crippen LogP contribution in [0.5, 0.6) is 0 Å². The number of imide groups is 1. The Balaban J connectivity index is 1.72. The molecule has 0 N–H and O–H groups in total. The number of rotatable bonds is 6. The zero-order chi connectivity index (χ0) is 22.1. The quantitative estimate of drug-likeness (QED) is 0.637. The molecule has 1 aromatic heterocycles. The molecule has 1 fully saturated rings. The Morgan fingerprint density at radius 1 is 1.00 bits per heavy atom. The maximum absolute atomic E-state index is 13.6. The van der Waals surface area contributed by atoms with E-state index < -0.39 is 0 Å². The first-order chi connectivity index (χ1) is 14.9. The average Bonchev–Trinajstić information content (AvgIpc) is 3.35. The molecule has 2 aliphatic heterocycles. The van der Waals surface area contributed by atoms with Gasteiger partial charge in [0.05, 0.1) is 23.5 Å². The summed E-state index contributed by atoms with van der Waals surface area (Å²) in [6.07, 6.45) is -0.0164. The van der Waals surface area contributed by atoms with Crippen molar-refractivity contribution in [2.75, 3.05) is 36.0 Å². The predicted molar refractivity (Wildman–Crippen MR) is 125 cm³/mol. The van der Waals surface area contributed by atoms with Crippen LogP contribution < -0.4 is 9.80 Å². The minimum absolute atomic E-state index is 0.00820. The second kappa shape index (κ2) is 8.85. The molecule has 2 unspecified atom stereocenters. The van der Waals surface area contributed by atoms with Gasteiger partial charge in [0.25, 0.3) is 11.8 Å². The molecule has 1 saturated heterocycles. The van der Waals surface area contributed by atoms with Crippen molar-refractivity contribution in [2.24, 2.45) is 0 Å². The molecule has 1 aromatic carbocycles. The van der Waals surface area contributed by atoms with Crippen molar-refractivity contribution in [3.05, 3.63) is 52.4 Å². The number of ether oxygens (including phenoxy) is 1. The molecule has 0 spiro atoms. The minimum atomic E-state index is -0.259. The van der Waals surface area contributed by atoms with Crippen LogP contribution in [0.2, 0.25) is 0 Å². The Morgan fingerprint density at radius 2 is 1.65 bits per heavy atom. The van der Waals surface area contributed by atoms with Crippen LogP contribution in [-0.2, 0) is 14.3 Å². The van der Waals surface area contributed by atoms with Gasteiger partial charge in [-0.3, -0.25) is 9.59 Å². The molecule has 2 aromatic rings. The van der Waals surface area contributed by atoms with Crippen molar-refractivity contribution in [3.8, 4) is 0 Å². The van der Waals surface area contributed by atoms with Crippen LogP contribution in [0.25, 0.3) is 5.57 Å². The first-order valence-electron chi connectivity index (χ1n) is 10.9. The lowest BCUT2D eigenvalue weighted by atomic mass is 10.1. The van der Waals surface area contributed by atoms with Gasteiger partial charge in [0.15, 0.2) is 0 Å². The fraction of sp³-hybridized carbons (Fsp3) is 0.417. The van der Waals surface area contributed by atoms with E-state index in [0.717, 1.165) is 23.7 Å². The van der Waals surface area contributed by atoms with Gasteiger partial charge in [-0.2, -0.15) is 0 Å². The first-order valence-corrected chi connectivity index (χ1v) is 11.7. The van der Waals surface area contributed by atoms with E-state index in [2.05, 4.69) is 18.7 Å². The maximum Gasteiger partial charge on any atom is 0.282 e. The maximum atomic E-state index is 13.6. The Morgan fingerprint density at radius 3 is 2.19 bits per heavy atom. The number of anilines is 2. The van der Waals surface area contributed by atoms with Crippen LogP contribution in [-0.4, -0.2) is 55.1 Å². The van der Waals surface area contributed by atoms with Gasteiger partial charge in [-0.25, -0.2) is 4.90 Å². The first kappa shape index (κ1) is 21.6. The SMILES string of the molecule is CCN(CC)c1ccc(N2C(=O)C(c3cccs3)=C(N3CC(C)OC(C)C3)C2=O)cc1. The van der Waals surface area contributed by atoms with Crippen LogP contribution >= 0.6 is 11.3 Å². The highest BCUT2D eigenvalue weighted by Crippen LogP contribution is 2.37. The molecule has 164 valence electrons. The second-order valence-electron chi connectivity index (χ2n) is 8.00. The molecular formula is C24H29N3O3S. The highest BCUT2D eigenvalue weighted by atomic mass is 32.1. The van der Waals surface area contributed by atoms with Gasteiger partial charge >= 0.3 is 0 Å². The molecule has 0 radical (unpaired) electrons. The Hall–Kier alpha value is -2.64. The molecule has 3 heterocycles. The summed E-state index contributed by atoms with van der Waals surface area (Å²) in [4.78, 5) is 33.6. The number of hydrogen-bond acceptors (Lipinski definition) is 6. The van der Waals surface area contributed by atoms with Gasteiger partial charge in [0.1, 0.15) is 5.70 Å². The van der Waals surface area contributed by atoms with Crippen LogP contribution in [0.4, 0.5) is 11.4 Å². The number of nitrogens with zero attached hydrogens (tertiary/aromatic N) is 3. The zero-order valence-corrected chi connectivity index (χ0v) is 19.3. The summed E-state index contributed by atoms with van der Waals surface area (Å²) in [7, 11) is 0. The summed E-state index contributed by atoms with van der Waals surface area (Å²) in [5, 5.41) is 1.93. The molecule has 6 nitrogen and oxygen atoms in total. The highest BCUT2D eigenvalue weighted by Gasteiger charge is 2.44. The number of benzene rings is 1. The van der Waals surface area contributed by atoms with Crippen LogP contribution in [0.3, 0.4) is 0 Å². The van der Waals surface area contributed by atoms with Crippen LogP contribution in [0.1, 0.15) is 32.6 Å². The lowest BCUT2D eigenvalue weighted by Crippen LogP contribution is -2.47. The van der Waals surface area contributed by atoms with E-state index in [9.17, 15) is 9.59 Å². The summed E-state index contributed by atoms with van der Waals surface area (Å²) in [6.45, 7) is 11.2. The normalized spacial score (nSPS) is 21.9. The standard InChI is InChI=1S/C24H29N3O3S/c1-5-25(6-2)18-9-11-19(12-10-18)27-23(28)21(20-8-7-13-31-20)22(24(27)29)26-14-16(3)30-17(4)15-26/h7-13,16-17H,5-6,14-15H2,1-4H3. The fourth-order valence-electron chi connectivity index (χ4n) is 4.45. The third-order valence-electron chi connectivity index (χ3n) is 5.80. The van der Waals surface area contributed by atoms with E-state index in [4.69, 9.17) is 4.74 Å². The van der Waals surface area contributed by atoms with E-state index in [-0.39, 0.29) is 24.0 Å². The van der Waals surface area contributed by atoms with Gasteiger partial charge in [0, 0.05) is 36.7 Å². The number of hydrogen-bond donors (Lipinski definition) is 0. The smallest absolute Gasteiger partial charge is 0.282 e. The summed E-state index contributed by atoms with van der Waals surface area (Å²) >= 11 is 1.48. The Labute approximate surface area is 187 Å². The third-order valence-corrected chi connectivity index (χ3v) is 6.69. The van der Waals surface area contributed by atoms with Gasteiger partial charge in [0.2, 0.25) is 0 Å². The van der Waals surface area contributed by atoms with Crippen molar-refractivity contribution in [2.45, 2.75) is 39.9 Å². The number of morpholine rings is 1. The van der Waals surface area contributed by atoms with E-state index in [0.29, 0.717) is 30.0 Å².